The Morgan fingerprint density at radius 3 is 2.50 bits per heavy atom. The van der Waals surface area contributed by atoms with Crippen molar-refractivity contribution in [1.82, 2.24) is 5.32 Å². The van der Waals surface area contributed by atoms with Gasteiger partial charge >= 0.3 is 0 Å². The van der Waals surface area contributed by atoms with Crippen LogP contribution in [-0.2, 0) is 6.54 Å². The number of aryl methyl sites for hydroxylation is 1. The van der Waals surface area contributed by atoms with Gasteiger partial charge in [-0.25, -0.2) is 8.78 Å². The topological polar surface area (TPSA) is 12.0 Å². The minimum Gasteiger partial charge on any atom is -0.306 e. The maximum Gasteiger partial charge on any atom is 0.159 e. The summed E-state index contributed by atoms with van der Waals surface area (Å²) in [6.07, 6.45) is 0. The van der Waals surface area contributed by atoms with Gasteiger partial charge in [-0.05, 0) is 48.7 Å². The van der Waals surface area contributed by atoms with Crippen molar-refractivity contribution in [3.63, 3.8) is 0 Å². The zero-order chi connectivity index (χ0) is 14.7. The standard InChI is InChI=1S/C16H16ClF2N/c1-10-3-4-12(7-14(10)17)9-20-11(2)13-5-6-15(18)16(19)8-13/h3-8,11,20H,9H2,1-2H3. The van der Waals surface area contributed by atoms with Crippen LogP contribution in [0.2, 0.25) is 5.02 Å². The number of hydrogen-bond acceptors (Lipinski definition) is 1. The maximum absolute atomic E-state index is 13.2. The summed E-state index contributed by atoms with van der Waals surface area (Å²) in [4.78, 5) is 0. The third-order valence-electron chi connectivity index (χ3n) is 3.29. The summed E-state index contributed by atoms with van der Waals surface area (Å²) < 4.78 is 26.1. The molecule has 2 rings (SSSR count). The highest BCUT2D eigenvalue weighted by Gasteiger charge is 2.09. The minimum atomic E-state index is -0.828. The lowest BCUT2D eigenvalue weighted by molar-refractivity contribution is 0.500. The quantitative estimate of drug-likeness (QED) is 0.856. The van der Waals surface area contributed by atoms with Crippen LogP contribution < -0.4 is 5.32 Å². The Hall–Kier alpha value is -1.45. The average molecular weight is 296 g/mol. The van der Waals surface area contributed by atoms with Crippen molar-refractivity contribution >= 4 is 11.6 Å². The van der Waals surface area contributed by atoms with Crippen molar-refractivity contribution in [2.75, 3.05) is 0 Å². The summed E-state index contributed by atoms with van der Waals surface area (Å²) in [5.41, 5.74) is 2.79. The predicted molar refractivity (Wildman–Crippen MR) is 77.8 cm³/mol. The van der Waals surface area contributed by atoms with Gasteiger partial charge in [-0.15, -0.1) is 0 Å². The lowest BCUT2D eigenvalue weighted by Gasteiger charge is -2.15. The largest absolute Gasteiger partial charge is 0.306 e. The minimum absolute atomic E-state index is 0.0785. The summed E-state index contributed by atoms with van der Waals surface area (Å²) in [6, 6.07) is 9.72. The molecule has 4 heteroatoms. The molecule has 0 saturated heterocycles. The van der Waals surface area contributed by atoms with Gasteiger partial charge in [0.25, 0.3) is 0 Å². The first kappa shape index (κ1) is 14.9. The van der Waals surface area contributed by atoms with Gasteiger partial charge in [-0.3, -0.25) is 0 Å². The molecular formula is C16H16ClF2N. The van der Waals surface area contributed by atoms with Crippen LogP contribution in [-0.4, -0.2) is 0 Å². The second-order valence-electron chi connectivity index (χ2n) is 4.86. The van der Waals surface area contributed by atoms with E-state index in [9.17, 15) is 8.78 Å². The Balaban J connectivity index is 2.02. The molecule has 0 aliphatic heterocycles. The smallest absolute Gasteiger partial charge is 0.159 e. The van der Waals surface area contributed by atoms with E-state index < -0.39 is 11.6 Å². The van der Waals surface area contributed by atoms with Gasteiger partial charge < -0.3 is 5.32 Å². The van der Waals surface area contributed by atoms with Crippen LogP contribution in [0.1, 0.15) is 29.7 Å². The molecule has 0 spiro atoms. The van der Waals surface area contributed by atoms with Gasteiger partial charge in [0.05, 0.1) is 0 Å². The predicted octanol–water partition coefficient (Wildman–Crippen LogP) is 4.78. The van der Waals surface area contributed by atoms with Crippen molar-refractivity contribution in [2.45, 2.75) is 26.4 Å². The Labute approximate surface area is 122 Å². The zero-order valence-corrected chi connectivity index (χ0v) is 12.1. The Morgan fingerprint density at radius 1 is 1.10 bits per heavy atom. The van der Waals surface area contributed by atoms with E-state index in [0.29, 0.717) is 12.1 Å². The second kappa shape index (κ2) is 6.33. The van der Waals surface area contributed by atoms with Crippen LogP contribution in [0.3, 0.4) is 0 Å². The van der Waals surface area contributed by atoms with Crippen LogP contribution in [0, 0.1) is 18.6 Å². The molecule has 1 nitrogen and oxygen atoms in total. The van der Waals surface area contributed by atoms with E-state index in [2.05, 4.69) is 5.32 Å². The van der Waals surface area contributed by atoms with Gasteiger partial charge in [0.1, 0.15) is 0 Å². The van der Waals surface area contributed by atoms with Crippen LogP contribution in [0.25, 0.3) is 0 Å². The van der Waals surface area contributed by atoms with Gasteiger partial charge in [0, 0.05) is 17.6 Å². The van der Waals surface area contributed by atoms with E-state index in [0.717, 1.165) is 22.2 Å². The van der Waals surface area contributed by atoms with E-state index in [1.54, 1.807) is 6.07 Å². The van der Waals surface area contributed by atoms with Gasteiger partial charge in [0.2, 0.25) is 0 Å². The van der Waals surface area contributed by atoms with Crippen molar-refractivity contribution in [1.29, 1.82) is 0 Å². The van der Waals surface area contributed by atoms with Crippen molar-refractivity contribution in [2.24, 2.45) is 0 Å². The molecule has 0 amide bonds. The van der Waals surface area contributed by atoms with E-state index >= 15 is 0 Å². The summed E-state index contributed by atoms with van der Waals surface area (Å²) in [5.74, 6) is -1.65. The fourth-order valence-corrected chi connectivity index (χ4v) is 2.12. The van der Waals surface area contributed by atoms with Crippen LogP contribution in [0.4, 0.5) is 8.78 Å². The third-order valence-corrected chi connectivity index (χ3v) is 3.70. The first-order chi connectivity index (χ1) is 9.47. The number of rotatable bonds is 4. The third kappa shape index (κ3) is 3.56. The fraction of sp³-hybridized carbons (Fsp3) is 0.250. The lowest BCUT2D eigenvalue weighted by Crippen LogP contribution is -2.18. The number of hydrogen-bond donors (Lipinski definition) is 1. The molecule has 1 unspecified atom stereocenters. The molecule has 2 aromatic carbocycles. The Bertz CT molecular complexity index is 613. The first-order valence-electron chi connectivity index (χ1n) is 6.40. The first-order valence-corrected chi connectivity index (χ1v) is 6.78. The van der Waals surface area contributed by atoms with Gasteiger partial charge in [0.15, 0.2) is 11.6 Å². The van der Waals surface area contributed by atoms with E-state index in [4.69, 9.17) is 11.6 Å². The SMILES string of the molecule is Cc1ccc(CNC(C)c2ccc(F)c(F)c2)cc1Cl. The summed E-state index contributed by atoms with van der Waals surface area (Å²) in [7, 11) is 0. The molecule has 1 N–H and O–H groups in total. The van der Waals surface area contributed by atoms with Crippen molar-refractivity contribution < 1.29 is 8.78 Å². The van der Waals surface area contributed by atoms with E-state index in [1.807, 2.05) is 32.0 Å². The Morgan fingerprint density at radius 2 is 1.85 bits per heavy atom. The molecule has 20 heavy (non-hydrogen) atoms. The number of halogens is 3. The monoisotopic (exact) mass is 295 g/mol. The van der Waals surface area contributed by atoms with Crippen LogP contribution in [0.15, 0.2) is 36.4 Å². The molecule has 0 aliphatic carbocycles. The fourth-order valence-electron chi connectivity index (χ4n) is 1.92. The molecule has 0 radical (unpaired) electrons. The van der Waals surface area contributed by atoms with E-state index in [1.165, 1.54) is 6.07 Å². The van der Waals surface area contributed by atoms with Crippen LogP contribution in [0.5, 0.6) is 0 Å². The number of benzene rings is 2. The summed E-state index contributed by atoms with van der Waals surface area (Å²) in [5, 5.41) is 3.99. The van der Waals surface area contributed by atoms with Crippen molar-refractivity contribution in [3.8, 4) is 0 Å². The molecule has 0 bridgehead atoms. The summed E-state index contributed by atoms with van der Waals surface area (Å²) >= 11 is 6.07. The van der Waals surface area contributed by atoms with Gasteiger partial charge in [-0.1, -0.05) is 29.8 Å². The molecule has 0 heterocycles. The zero-order valence-electron chi connectivity index (χ0n) is 11.4. The molecule has 0 fully saturated rings. The molecule has 0 saturated carbocycles. The highest BCUT2D eigenvalue weighted by molar-refractivity contribution is 6.31. The molecule has 1 atom stereocenters. The highest BCUT2D eigenvalue weighted by atomic mass is 35.5. The molecule has 0 aromatic heterocycles. The molecular weight excluding hydrogens is 280 g/mol. The van der Waals surface area contributed by atoms with Crippen molar-refractivity contribution in [3.05, 3.63) is 69.7 Å². The summed E-state index contributed by atoms with van der Waals surface area (Å²) in [6.45, 7) is 4.46. The molecule has 0 aliphatic rings. The maximum atomic E-state index is 13.2. The highest BCUT2D eigenvalue weighted by Crippen LogP contribution is 2.19. The second-order valence-corrected chi connectivity index (χ2v) is 5.27. The number of nitrogens with one attached hydrogen (secondary N) is 1. The normalized spacial score (nSPS) is 12.4. The lowest BCUT2D eigenvalue weighted by atomic mass is 10.1. The Kier molecular flexibility index (Phi) is 4.73. The van der Waals surface area contributed by atoms with Crippen LogP contribution >= 0.6 is 11.6 Å². The molecule has 2 aromatic rings. The van der Waals surface area contributed by atoms with E-state index in [-0.39, 0.29) is 6.04 Å². The average Bonchev–Trinajstić information content (AvgIpc) is 2.43. The van der Waals surface area contributed by atoms with Gasteiger partial charge in [-0.2, -0.15) is 0 Å². The molecule has 106 valence electrons.